The molecular formula is C21H15F3N8O. The van der Waals surface area contributed by atoms with E-state index in [9.17, 15) is 13.2 Å². The highest BCUT2D eigenvalue weighted by Crippen LogP contribution is 2.38. The van der Waals surface area contributed by atoms with Crippen molar-refractivity contribution in [3.63, 3.8) is 0 Å². The van der Waals surface area contributed by atoms with E-state index in [0.717, 1.165) is 16.3 Å². The van der Waals surface area contributed by atoms with Crippen LogP contribution in [0.4, 0.5) is 19.2 Å². The van der Waals surface area contributed by atoms with Gasteiger partial charge in [0, 0.05) is 31.1 Å². The van der Waals surface area contributed by atoms with Crippen LogP contribution in [-0.4, -0.2) is 41.3 Å². The Bertz CT molecular complexity index is 1440. The molecule has 0 fully saturated rings. The number of rotatable bonds is 3. The van der Waals surface area contributed by atoms with Crippen LogP contribution in [0.1, 0.15) is 28.8 Å². The summed E-state index contributed by atoms with van der Waals surface area (Å²) < 4.78 is 47.4. The standard InChI is InChI=1S/C21H15F3N8O/c22-21(23,24)16-5-1-4-13-9-15(30-32(13)16)18-17-14(26-11-27-17)6-8-31(18)20-29-28-19(33-20)12-3-2-7-25-10-12/h1-5,7,9-11,18H,6,8H2,(H,26,27)/t18-/m1/s1. The quantitative estimate of drug-likeness (QED) is 0.446. The topological polar surface area (TPSA) is 101 Å². The van der Waals surface area contributed by atoms with Crippen LogP contribution in [0, 0.1) is 0 Å². The Balaban J connectivity index is 1.47. The summed E-state index contributed by atoms with van der Waals surface area (Å²) in [5, 5.41) is 12.6. The normalized spacial score (nSPS) is 16.3. The number of fused-ring (bicyclic) bond motifs is 2. The molecule has 1 aliphatic rings. The van der Waals surface area contributed by atoms with Gasteiger partial charge >= 0.3 is 12.2 Å². The van der Waals surface area contributed by atoms with Crippen molar-refractivity contribution < 1.29 is 17.6 Å². The van der Waals surface area contributed by atoms with E-state index in [4.69, 9.17) is 4.42 Å². The van der Waals surface area contributed by atoms with E-state index >= 15 is 0 Å². The van der Waals surface area contributed by atoms with Gasteiger partial charge in [0.1, 0.15) is 11.7 Å². The summed E-state index contributed by atoms with van der Waals surface area (Å²) in [6, 6.07) is 8.73. The van der Waals surface area contributed by atoms with Crippen LogP contribution in [0.25, 0.3) is 17.0 Å². The van der Waals surface area contributed by atoms with Gasteiger partial charge in [0.25, 0.3) is 5.89 Å². The minimum absolute atomic E-state index is 0.223. The van der Waals surface area contributed by atoms with Crippen molar-refractivity contribution in [1.82, 2.24) is 34.8 Å². The monoisotopic (exact) mass is 452 g/mol. The first-order valence-electron chi connectivity index (χ1n) is 10.1. The van der Waals surface area contributed by atoms with Crippen LogP contribution in [-0.2, 0) is 12.6 Å². The fraction of sp³-hybridized carbons (Fsp3) is 0.190. The van der Waals surface area contributed by atoms with Crippen LogP contribution in [0.3, 0.4) is 0 Å². The minimum Gasteiger partial charge on any atom is -0.403 e. The number of H-pyrrole nitrogens is 1. The van der Waals surface area contributed by atoms with E-state index in [-0.39, 0.29) is 6.01 Å². The van der Waals surface area contributed by atoms with E-state index in [2.05, 4.69) is 30.2 Å². The van der Waals surface area contributed by atoms with Crippen LogP contribution < -0.4 is 4.90 Å². The fourth-order valence-electron chi connectivity index (χ4n) is 4.10. The Labute approximate surface area is 183 Å². The highest BCUT2D eigenvalue weighted by atomic mass is 19.4. The van der Waals surface area contributed by atoms with Gasteiger partial charge in [-0.05, 0) is 30.3 Å². The molecule has 1 N–H and O–H groups in total. The number of aromatic nitrogens is 7. The van der Waals surface area contributed by atoms with Crippen molar-refractivity contribution in [1.29, 1.82) is 0 Å². The van der Waals surface area contributed by atoms with E-state index in [1.54, 1.807) is 43.0 Å². The van der Waals surface area contributed by atoms with E-state index in [1.165, 1.54) is 6.07 Å². The Morgan fingerprint density at radius 2 is 2.03 bits per heavy atom. The van der Waals surface area contributed by atoms with Crippen molar-refractivity contribution >= 4 is 11.5 Å². The molecule has 0 aliphatic carbocycles. The van der Waals surface area contributed by atoms with Gasteiger partial charge in [-0.1, -0.05) is 11.2 Å². The number of pyridine rings is 2. The molecule has 0 saturated heterocycles. The summed E-state index contributed by atoms with van der Waals surface area (Å²) in [6.45, 7) is 0.481. The van der Waals surface area contributed by atoms with E-state index < -0.39 is 17.9 Å². The van der Waals surface area contributed by atoms with E-state index in [0.29, 0.717) is 41.3 Å². The summed E-state index contributed by atoms with van der Waals surface area (Å²) in [5.74, 6) is 0.291. The minimum atomic E-state index is -4.54. The molecule has 12 heteroatoms. The van der Waals surface area contributed by atoms with E-state index in [1.807, 2.05) is 4.90 Å². The average Bonchev–Trinajstić information content (AvgIpc) is 3.56. The number of nitrogens with zero attached hydrogens (tertiary/aromatic N) is 7. The highest BCUT2D eigenvalue weighted by molar-refractivity contribution is 5.55. The Morgan fingerprint density at radius 1 is 1.12 bits per heavy atom. The number of halogens is 3. The van der Waals surface area contributed by atoms with Crippen molar-refractivity contribution in [2.24, 2.45) is 0 Å². The average molecular weight is 452 g/mol. The second kappa shape index (κ2) is 7.15. The third-order valence-corrected chi connectivity index (χ3v) is 5.57. The zero-order valence-electron chi connectivity index (χ0n) is 16.9. The van der Waals surface area contributed by atoms with Crippen LogP contribution in [0.5, 0.6) is 0 Å². The smallest absolute Gasteiger partial charge is 0.403 e. The molecule has 166 valence electrons. The van der Waals surface area contributed by atoms with Crippen molar-refractivity contribution in [3.8, 4) is 11.5 Å². The maximum Gasteiger partial charge on any atom is 0.433 e. The summed E-state index contributed by atoms with van der Waals surface area (Å²) in [5.41, 5.74) is 2.06. The highest BCUT2D eigenvalue weighted by Gasteiger charge is 2.38. The number of hydrogen-bond donors (Lipinski definition) is 1. The van der Waals surface area contributed by atoms with Crippen LogP contribution in [0.2, 0.25) is 0 Å². The number of anilines is 1. The van der Waals surface area contributed by atoms with Gasteiger partial charge in [-0.2, -0.15) is 18.3 Å². The van der Waals surface area contributed by atoms with Gasteiger partial charge < -0.3 is 14.3 Å². The zero-order valence-corrected chi connectivity index (χ0v) is 16.9. The molecule has 5 aromatic heterocycles. The fourth-order valence-corrected chi connectivity index (χ4v) is 4.10. The summed E-state index contributed by atoms with van der Waals surface area (Å²) >= 11 is 0. The first-order chi connectivity index (χ1) is 16.0. The predicted molar refractivity (Wildman–Crippen MR) is 109 cm³/mol. The van der Waals surface area contributed by atoms with Crippen molar-refractivity contribution in [2.45, 2.75) is 18.6 Å². The molecule has 0 bridgehead atoms. The van der Waals surface area contributed by atoms with Crippen LogP contribution >= 0.6 is 0 Å². The molecule has 6 rings (SSSR count). The molecule has 1 aliphatic heterocycles. The Morgan fingerprint density at radius 3 is 2.85 bits per heavy atom. The number of aromatic amines is 1. The molecule has 0 unspecified atom stereocenters. The second-order valence-electron chi connectivity index (χ2n) is 7.56. The van der Waals surface area contributed by atoms with Crippen molar-refractivity contribution in [2.75, 3.05) is 11.4 Å². The number of hydrogen-bond acceptors (Lipinski definition) is 7. The van der Waals surface area contributed by atoms with Gasteiger partial charge in [-0.25, -0.2) is 9.50 Å². The summed E-state index contributed by atoms with van der Waals surface area (Å²) in [4.78, 5) is 13.4. The lowest BCUT2D eigenvalue weighted by molar-refractivity contribution is -0.142. The third-order valence-electron chi connectivity index (χ3n) is 5.57. The molecular weight excluding hydrogens is 437 g/mol. The van der Waals surface area contributed by atoms with Gasteiger partial charge in [0.2, 0.25) is 0 Å². The summed E-state index contributed by atoms with van der Waals surface area (Å²) in [7, 11) is 0. The zero-order chi connectivity index (χ0) is 22.6. The van der Waals surface area contributed by atoms with Gasteiger partial charge in [-0.15, -0.1) is 5.10 Å². The van der Waals surface area contributed by atoms with Gasteiger partial charge in [0.05, 0.1) is 28.8 Å². The van der Waals surface area contributed by atoms with Gasteiger partial charge in [-0.3, -0.25) is 4.98 Å². The molecule has 33 heavy (non-hydrogen) atoms. The lowest BCUT2D eigenvalue weighted by atomic mass is 10.0. The molecule has 0 amide bonds. The summed E-state index contributed by atoms with van der Waals surface area (Å²) in [6.07, 6.45) is 0.888. The number of nitrogens with one attached hydrogen (secondary N) is 1. The second-order valence-corrected chi connectivity index (χ2v) is 7.56. The molecule has 0 aromatic carbocycles. The predicted octanol–water partition coefficient (Wildman–Crippen LogP) is 3.67. The number of imidazole rings is 1. The Kier molecular flexibility index (Phi) is 4.22. The molecule has 6 heterocycles. The first kappa shape index (κ1) is 19.5. The number of alkyl halides is 3. The lowest BCUT2D eigenvalue weighted by Crippen LogP contribution is -2.37. The molecule has 1 atom stereocenters. The first-order valence-corrected chi connectivity index (χ1v) is 10.1. The Hall–Kier alpha value is -4.22. The molecule has 9 nitrogen and oxygen atoms in total. The molecule has 5 aromatic rings. The third kappa shape index (κ3) is 3.22. The molecule has 0 spiro atoms. The van der Waals surface area contributed by atoms with Gasteiger partial charge in [0.15, 0.2) is 0 Å². The van der Waals surface area contributed by atoms with Crippen LogP contribution in [0.15, 0.2) is 59.5 Å². The van der Waals surface area contributed by atoms with Crippen molar-refractivity contribution in [3.05, 3.63) is 77.9 Å². The lowest BCUT2D eigenvalue weighted by Gasteiger charge is -2.32. The largest absolute Gasteiger partial charge is 0.433 e. The SMILES string of the molecule is FC(F)(F)c1cccc2cc([C@@H]3c4nc[nH]c4CCN3c3nnc(-c4cccnc4)o3)nn12. The maximum absolute atomic E-state index is 13.5. The molecule has 0 radical (unpaired) electrons. The molecule has 0 saturated carbocycles. The maximum atomic E-state index is 13.5.